The highest BCUT2D eigenvalue weighted by atomic mass is 16.7. The van der Waals surface area contributed by atoms with Crippen LogP contribution in [0.1, 0.15) is 24.7 Å². The van der Waals surface area contributed by atoms with Crippen molar-refractivity contribution in [1.82, 2.24) is 0 Å². The lowest BCUT2D eigenvalue weighted by Gasteiger charge is -2.32. The third kappa shape index (κ3) is 2.23. The van der Waals surface area contributed by atoms with Crippen molar-refractivity contribution in [3.05, 3.63) is 35.9 Å². The summed E-state index contributed by atoms with van der Waals surface area (Å²) in [7, 11) is 0. The summed E-state index contributed by atoms with van der Waals surface area (Å²) in [5, 5.41) is 9.20. The van der Waals surface area contributed by atoms with Gasteiger partial charge in [-0.1, -0.05) is 30.3 Å². The van der Waals surface area contributed by atoms with Gasteiger partial charge in [-0.3, -0.25) is 0 Å². The molecule has 1 N–H and O–H groups in total. The van der Waals surface area contributed by atoms with Gasteiger partial charge in [0.15, 0.2) is 6.29 Å². The lowest BCUT2D eigenvalue weighted by Crippen LogP contribution is -2.32. The summed E-state index contributed by atoms with van der Waals surface area (Å²) in [6, 6.07) is 10.1. The third-order valence-electron chi connectivity index (χ3n) is 3.82. The summed E-state index contributed by atoms with van der Waals surface area (Å²) in [6.07, 6.45) is 2.03. The first kappa shape index (κ1) is 11.2. The van der Waals surface area contributed by atoms with Gasteiger partial charge in [-0.15, -0.1) is 0 Å². The van der Waals surface area contributed by atoms with Crippen molar-refractivity contribution in [2.75, 3.05) is 13.2 Å². The summed E-state index contributed by atoms with van der Waals surface area (Å²) in [5.41, 5.74) is 1.08. The molecule has 2 fully saturated rings. The number of benzene rings is 1. The first-order chi connectivity index (χ1) is 8.36. The van der Waals surface area contributed by atoms with E-state index < -0.39 is 0 Å². The van der Waals surface area contributed by atoms with Gasteiger partial charge >= 0.3 is 0 Å². The van der Waals surface area contributed by atoms with Crippen LogP contribution in [0.4, 0.5) is 0 Å². The molecular formula is C14H18O3. The number of hydrogen-bond acceptors (Lipinski definition) is 3. The van der Waals surface area contributed by atoms with Crippen LogP contribution in [0.3, 0.4) is 0 Å². The molecule has 17 heavy (non-hydrogen) atoms. The second-order valence-corrected chi connectivity index (χ2v) is 5.03. The van der Waals surface area contributed by atoms with E-state index >= 15 is 0 Å². The van der Waals surface area contributed by atoms with E-state index in [0.29, 0.717) is 11.8 Å². The molecule has 1 saturated carbocycles. The highest BCUT2D eigenvalue weighted by molar-refractivity contribution is 5.16. The van der Waals surface area contributed by atoms with Crippen molar-refractivity contribution in [3.63, 3.8) is 0 Å². The van der Waals surface area contributed by atoms with Gasteiger partial charge in [-0.2, -0.15) is 0 Å². The molecule has 0 radical (unpaired) electrons. The zero-order valence-corrected chi connectivity index (χ0v) is 9.79. The van der Waals surface area contributed by atoms with Crippen LogP contribution < -0.4 is 0 Å². The maximum absolute atomic E-state index is 9.20. The van der Waals surface area contributed by atoms with Gasteiger partial charge in [0.2, 0.25) is 0 Å². The summed E-state index contributed by atoms with van der Waals surface area (Å²) >= 11 is 0. The molecule has 1 saturated heterocycles. The van der Waals surface area contributed by atoms with Crippen molar-refractivity contribution in [2.45, 2.75) is 25.2 Å². The largest absolute Gasteiger partial charge is 0.396 e. The molecule has 1 aromatic carbocycles. The van der Waals surface area contributed by atoms with Gasteiger partial charge in [0.05, 0.1) is 12.7 Å². The van der Waals surface area contributed by atoms with Crippen LogP contribution in [0.2, 0.25) is 0 Å². The van der Waals surface area contributed by atoms with E-state index in [0.717, 1.165) is 25.0 Å². The Morgan fingerprint density at radius 1 is 1.18 bits per heavy atom. The predicted molar refractivity (Wildman–Crippen MR) is 63.3 cm³/mol. The fourth-order valence-electron chi connectivity index (χ4n) is 2.88. The number of hydrogen-bond donors (Lipinski definition) is 1. The van der Waals surface area contributed by atoms with Crippen molar-refractivity contribution in [3.8, 4) is 0 Å². The van der Waals surface area contributed by atoms with E-state index in [2.05, 4.69) is 0 Å². The van der Waals surface area contributed by atoms with Crippen LogP contribution in [0, 0.1) is 11.8 Å². The molecule has 0 unspecified atom stereocenters. The molecular weight excluding hydrogens is 216 g/mol. The Hall–Kier alpha value is -0.900. The lowest BCUT2D eigenvalue weighted by molar-refractivity contribution is -0.233. The Bertz CT molecular complexity index is 365. The van der Waals surface area contributed by atoms with Crippen LogP contribution in [0.5, 0.6) is 0 Å². The van der Waals surface area contributed by atoms with E-state index in [1.54, 1.807) is 0 Å². The second-order valence-electron chi connectivity index (χ2n) is 5.03. The molecule has 2 aliphatic rings. The van der Waals surface area contributed by atoms with Crippen molar-refractivity contribution in [1.29, 1.82) is 0 Å². The zero-order valence-electron chi connectivity index (χ0n) is 9.79. The average molecular weight is 234 g/mol. The first-order valence-electron chi connectivity index (χ1n) is 6.29. The number of ether oxygens (including phenoxy) is 2. The number of fused-ring (bicyclic) bond motifs is 1. The molecule has 92 valence electrons. The van der Waals surface area contributed by atoms with Crippen molar-refractivity contribution in [2.24, 2.45) is 11.8 Å². The standard InChI is InChI=1S/C14H18O3/c15-8-10-6-12-9-16-14(17-13(12)7-10)11-4-2-1-3-5-11/h1-5,10,12-15H,6-9H2/t10-,12-,13+,14-/m1/s1. The minimum absolute atomic E-state index is 0.227. The van der Waals surface area contributed by atoms with Gasteiger partial charge in [-0.05, 0) is 18.8 Å². The SMILES string of the molecule is OC[C@@H]1C[C@@H]2CO[C@@H](c3ccccc3)O[C@H]2C1. The minimum Gasteiger partial charge on any atom is -0.396 e. The van der Waals surface area contributed by atoms with Crippen LogP contribution in [0.15, 0.2) is 30.3 Å². The summed E-state index contributed by atoms with van der Waals surface area (Å²) in [6.45, 7) is 1.02. The van der Waals surface area contributed by atoms with Crippen molar-refractivity contribution >= 4 is 0 Å². The lowest BCUT2D eigenvalue weighted by atomic mass is 10.0. The van der Waals surface area contributed by atoms with Gasteiger partial charge in [0.1, 0.15) is 0 Å². The molecule has 0 spiro atoms. The Labute approximate surface area is 101 Å². The fraction of sp³-hybridized carbons (Fsp3) is 0.571. The Morgan fingerprint density at radius 3 is 2.76 bits per heavy atom. The maximum atomic E-state index is 9.20. The summed E-state index contributed by atoms with van der Waals surface area (Å²) in [5.74, 6) is 0.857. The zero-order chi connectivity index (χ0) is 11.7. The Morgan fingerprint density at radius 2 is 2.00 bits per heavy atom. The minimum atomic E-state index is -0.227. The number of aliphatic hydroxyl groups is 1. The Kier molecular flexibility index (Phi) is 3.14. The van der Waals surface area contributed by atoms with E-state index in [9.17, 15) is 5.11 Å². The van der Waals surface area contributed by atoms with Gasteiger partial charge in [0, 0.05) is 18.1 Å². The molecule has 0 bridgehead atoms. The van der Waals surface area contributed by atoms with Crippen LogP contribution in [-0.4, -0.2) is 24.4 Å². The highest BCUT2D eigenvalue weighted by Gasteiger charge is 2.40. The van der Waals surface area contributed by atoms with E-state index in [-0.39, 0.29) is 19.0 Å². The maximum Gasteiger partial charge on any atom is 0.184 e. The van der Waals surface area contributed by atoms with E-state index in [1.807, 2.05) is 30.3 Å². The average Bonchev–Trinajstić information content (AvgIpc) is 2.81. The molecule has 1 aliphatic carbocycles. The van der Waals surface area contributed by atoms with Crippen LogP contribution >= 0.6 is 0 Å². The van der Waals surface area contributed by atoms with Crippen LogP contribution in [-0.2, 0) is 9.47 Å². The number of aliphatic hydroxyl groups excluding tert-OH is 1. The van der Waals surface area contributed by atoms with E-state index in [4.69, 9.17) is 9.47 Å². The second kappa shape index (κ2) is 4.77. The summed E-state index contributed by atoms with van der Waals surface area (Å²) in [4.78, 5) is 0. The van der Waals surface area contributed by atoms with Gasteiger partial charge in [-0.25, -0.2) is 0 Å². The Balaban J connectivity index is 1.68. The normalized spacial score (nSPS) is 36.8. The summed E-state index contributed by atoms with van der Waals surface area (Å²) < 4.78 is 11.8. The predicted octanol–water partition coefficient (Wildman–Crippen LogP) is 2.12. The molecule has 0 aromatic heterocycles. The molecule has 3 nitrogen and oxygen atoms in total. The number of rotatable bonds is 2. The van der Waals surface area contributed by atoms with Crippen LogP contribution in [0.25, 0.3) is 0 Å². The fourth-order valence-corrected chi connectivity index (χ4v) is 2.88. The van der Waals surface area contributed by atoms with Gasteiger partial charge < -0.3 is 14.6 Å². The topological polar surface area (TPSA) is 38.7 Å². The van der Waals surface area contributed by atoms with Gasteiger partial charge in [0.25, 0.3) is 0 Å². The quantitative estimate of drug-likeness (QED) is 0.852. The van der Waals surface area contributed by atoms with Crippen molar-refractivity contribution < 1.29 is 14.6 Å². The monoisotopic (exact) mass is 234 g/mol. The molecule has 1 aliphatic heterocycles. The first-order valence-corrected chi connectivity index (χ1v) is 6.29. The third-order valence-corrected chi connectivity index (χ3v) is 3.82. The smallest absolute Gasteiger partial charge is 0.184 e. The molecule has 1 heterocycles. The highest BCUT2D eigenvalue weighted by Crippen LogP contribution is 2.40. The molecule has 1 aromatic rings. The molecule has 0 amide bonds. The molecule has 3 heteroatoms. The molecule has 4 atom stereocenters. The van der Waals surface area contributed by atoms with E-state index in [1.165, 1.54) is 0 Å². The molecule has 3 rings (SSSR count).